The molecule has 2 aromatic rings. The fraction of sp³-hybridized carbons (Fsp3) is 0.350. The van der Waals surface area contributed by atoms with Gasteiger partial charge in [0.1, 0.15) is 6.61 Å². The van der Waals surface area contributed by atoms with Crippen molar-refractivity contribution < 1.29 is 41.0 Å². The zero-order valence-electron chi connectivity index (χ0n) is 15.3. The lowest BCUT2D eigenvalue weighted by Crippen LogP contribution is -2.54. The van der Waals surface area contributed by atoms with E-state index >= 15 is 0 Å². The van der Waals surface area contributed by atoms with Crippen LogP contribution in [-0.4, -0.2) is 42.8 Å². The molecule has 2 N–H and O–H groups in total. The maximum Gasteiger partial charge on any atom is 0.407 e. The molecule has 0 unspecified atom stereocenters. The summed E-state index contributed by atoms with van der Waals surface area (Å²) in [5, 5.41) is 10.5. The van der Waals surface area contributed by atoms with E-state index in [1.54, 1.807) is 24.3 Å². The van der Waals surface area contributed by atoms with Crippen LogP contribution in [0, 0.1) is 5.92 Å². The van der Waals surface area contributed by atoms with E-state index in [1.165, 1.54) is 5.32 Å². The van der Waals surface area contributed by atoms with Gasteiger partial charge in [0, 0.05) is 5.92 Å². The first-order valence-electron chi connectivity index (χ1n) is 8.89. The summed E-state index contributed by atoms with van der Waals surface area (Å²) in [6.45, 7) is -1.85. The van der Waals surface area contributed by atoms with Crippen molar-refractivity contribution in [2.45, 2.75) is 24.3 Å². The van der Waals surface area contributed by atoms with E-state index in [0.717, 1.165) is 22.3 Å². The largest absolute Gasteiger partial charge is 0.449 e. The molecule has 30 heavy (non-hydrogen) atoms. The Kier molecular flexibility index (Phi) is 5.98. The van der Waals surface area contributed by atoms with Crippen LogP contribution in [0.5, 0.6) is 0 Å². The number of hydrogen-bond acceptors (Lipinski definition) is 3. The first-order valence-corrected chi connectivity index (χ1v) is 8.89. The highest BCUT2D eigenvalue weighted by Gasteiger charge is 2.60. The average molecular weight is 433 g/mol. The minimum atomic E-state index is -5.71. The van der Waals surface area contributed by atoms with Crippen molar-refractivity contribution in [3.05, 3.63) is 59.7 Å². The van der Waals surface area contributed by atoms with Gasteiger partial charge in [-0.25, -0.2) is 4.79 Å². The number of carbonyl (C=O) groups is 1. The number of carbonyl (C=O) groups excluding carboxylic acids is 1. The number of benzene rings is 2. The van der Waals surface area contributed by atoms with Crippen LogP contribution in [0.25, 0.3) is 11.1 Å². The van der Waals surface area contributed by atoms with Crippen molar-refractivity contribution in [1.82, 2.24) is 5.32 Å². The predicted molar refractivity (Wildman–Crippen MR) is 94.7 cm³/mol. The Labute approximate surface area is 167 Å². The number of hydrogen-bond donors (Lipinski definition) is 2. The number of amides is 1. The summed E-state index contributed by atoms with van der Waals surface area (Å²) >= 11 is 0. The number of aliphatic hydroxyl groups excluding tert-OH is 1. The van der Waals surface area contributed by atoms with E-state index in [9.17, 15) is 31.1 Å². The van der Waals surface area contributed by atoms with Crippen molar-refractivity contribution in [3.63, 3.8) is 0 Å². The molecule has 0 saturated heterocycles. The molecular formula is C20H17F6NO3. The third-order valence-corrected chi connectivity index (χ3v) is 4.95. The number of nitrogens with one attached hydrogen (secondary N) is 1. The van der Waals surface area contributed by atoms with E-state index in [-0.39, 0.29) is 6.61 Å². The molecule has 1 aliphatic rings. The number of fused-ring (bicyclic) bond motifs is 3. The van der Waals surface area contributed by atoms with Crippen LogP contribution in [0.4, 0.5) is 31.1 Å². The van der Waals surface area contributed by atoms with Crippen LogP contribution in [-0.2, 0) is 4.74 Å². The molecule has 3 rings (SSSR count). The van der Waals surface area contributed by atoms with Crippen molar-refractivity contribution in [3.8, 4) is 11.1 Å². The zero-order chi connectivity index (χ0) is 22.1. The van der Waals surface area contributed by atoms with Gasteiger partial charge in [0.05, 0.1) is 12.6 Å². The van der Waals surface area contributed by atoms with E-state index in [1.807, 2.05) is 24.3 Å². The Morgan fingerprint density at radius 2 is 1.40 bits per heavy atom. The second-order valence-electron chi connectivity index (χ2n) is 6.82. The van der Waals surface area contributed by atoms with E-state index in [0.29, 0.717) is 0 Å². The molecule has 1 aliphatic carbocycles. The third kappa shape index (κ3) is 4.38. The van der Waals surface area contributed by atoms with Crippen LogP contribution < -0.4 is 5.32 Å². The molecule has 0 bridgehead atoms. The fourth-order valence-corrected chi connectivity index (χ4v) is 3.67. The Morgan fingerprint density at radius 3 is 1.83 bits per heavy atom. The highest BCUT2D eigenvalue weighted by Crippen LogP contribution is 2.45. The number of aliphatic hydroxyl groups is 1. The monoisotopic (exact) mass is 433 g/mol. The Balaban J connectivity index is 1.73. The topological polar surface area (TPSA) is 58.6 Å². The molecule has 0 spiro atoms. The SMILES string of the molecule is O=C(N[C@@H](CO)C(C(F)(F)F)C(F)(F)F)OCC1c2ccccc2-c2ccccc21. The van der Waals surface area contributed by atoms with Crippen LogP contribution in [0.3, 0.4) is 0 Å². The summed E-state index contributed by atoms with van der Waals surface area (Å²) in [5.41, 5.74) is 3.47. The smallest absolute Gasteiger partial charge is 0.407 e. The Hall–Kier alpha value is -2.75. The van der Waals surface area contributed by atoms with Gasteiger partial charge < -0.3 is 15.2 Å². The van der Waals surface area contributed by atoms with Gasteiger partial charge in [0.15, 0.2) is 5.92 Å². The number of ether oxygens (including phenoxy) is 1. The van der Waals surface area contributed by atoms with Gasteiger partial charge in [0.2, 0.25) is 0 Å². The molecule has 0 aliphatic heterocycles. The molecule has 4 nitrogen and oxygen atoms in total. The average Bonchev–Trinajstić information content (AvgIpc) is 2.97. The van der Waals surface area contributed by atoms with Crippen molar-refractivity contribution in [2.75, 3.05) is 13.2 Å². The standard InChI is InChI=1S/C20H17F6NO3/c21-19(22,23)17(20(24,25)26)16(9-28)27-18(29)30-10-15-13-7-3-1-5-11(13)12-6-2-4-8-14(12)15/h1-8,15-17,28H,9-10H2,(H,27,29)/t16-/m0/s1. The van der Waals surface area contributed by atoms with Gasteiger partial charge >= 0.3 is 18.4 Å². The fourth-order valence-electron chi connectivity index (χ4n) is 3.67. The normalized spacial score (nSPS) is 14.9. The van der Waals surface area contributed by atoms with Gasteiger partial charge in [-0.15, -0.1) is 0 Å². The van der Waals surface area contributed by atoms with Crippen LogP contribution in [0.2, 0.25) is 0 Å². The van der Waals surface area contributed by atoms with E-state index in [4.69, 9.17) is 9.84 Å². The molecule has 1 amide bonds. The van der Waals surface area contributed by atoms with Crippen molar-refractivity contribution in [1.29, 1.82) is 0 Å². The molecule has 2 aromatic carbocycles. The second-order valence-corrected chi connectivity index (χ2v) is 6.82. The van der Waals surface area contributed by atoms with Gasteiger partial charge in [-0.1, -0.05) is 48.5 Å². The van der Waals surface area contributed by atoms with Crippen molar-refractivity contribution in [2.24, 2.45) is 5.92 Å². The summed E-state index contributed by atoms with van der Waals surface area (Å²) in [6, 6.07) is 11.9. The van der Waals surface area contributed by atoms with Gasteiger partial charge in [-0.2, -0.15) is 26.3 Å². The lowest BCUT2D eigenvalue weighted by Gasteiger charge is -2.29. The van der Waals surface area contributed by atoms with Gasteiger partial charge in [-0.05, 0) is 22.3 Å². The zero-order valence-corrected chi connectivity index (χ0v) is 15.3. The minimum absolute atomic E-state index is 0.291. The number of alkyl carbamates (subject to hydrolysis) is 1. The van der Waals surface area contributed by atoms with E-state index < -0.39 is 42.9 Å². The third-order valence-electron chi connectivity index (χ3n) is 4.95. The molecule has 1 atom stereocenters. The molecule has 0 heterocycles. The molecule has 0 saturated carbocycles. The highest BCUT2D eigenvalue weighted by molar-refractivity contribution is 5.79. The van der Waals surface area contributed by atoms with Gasteiger partial charge in [-0.3, -0.25) is 0 Å². The first-order chi connectivity index (χ1) is 14.0. The maximum absolute atomic E-state index is 12.8. The first kappa shape index (κ1) is 21.9. The highest BCUT2D eigenvalue weighted by atomic mass is 19.4. The van der Waals surface area contributed by atoms with Crippen LogP contribution >= 0.6 is 0 Å². The summed E-state index contributed by atoms with van der Waals surface area (Å²) in [5.74, 6) is -4.34. The minimum Gasteiger partial charge on any atom is -0.449 e. The second kappa shape index (κ2) is 8.17. The summed E-state index contributed by atoms with van der Waals surface area (Å²) < 4.78 is 82.0. The van der Waals surface area contributed by atoms with Crippen LogP contribution in [0.15, 0.2) is 48.5 Å². The van der Waals surface area contributed by atoms with Gasteiger partial charge in [0.25, 0.3) is 0 Å². The molecule has 162 valence electrons. The molecular weight excluding hydrogens is 416 g/mol. The van der Waals surface area contributed by atoms with E-state index in [2.05, 4.69) is 0 Å². The number of halogens is 6. The number of rotatable bonds is 5. The number of alkyl halides is 6. The lowest BCUT2D eigenvalue weighted by atomic mass is 9.98. The molecule has 0 fully saturated rings. The maximum atomic E-state index is 12.8. The molecule has 0 aromatic heterocycles. The Morgan fingerprint density at radius 1 is 0.933 bits per heavy atom. The quantitative estimate of drug-likeness (QED) is 0.677. The molecule has 0 radical (unpaired) electrons. The van der Waals surface area contributed by atoms with Crippen LogP contribution in [0.1, 0.15) is 17.0 Å². The lowest BCUT2D eigenvalue weighted by molar-refractivity contribution is -0.292. The summed E-state index contributed by atoms with van der Waals surface area (Å²) in [7, 11) is 0. The Bertz CT molecular complexity index is 852. The molecule has 10 heteroatoms. The predicted octanol–water partition coefficient (Wildman–Crippen LogP) is 4.63. The summed E-state index contributed by atoms with van der Waals surface area (Å²) in [6.07, 6.45) is -12.9. The van der Waals surface area contributed by atoms with Crippen molar-refractivity contribution >= 4 is 6.09 Å². The summed E-state index contributed by atoms with van der Waals surface area (Å²) in [4.78, 5) is 12.0.